The molecule has 0 atom stereocenters. The summed E-state index contributed by atoms with van der Waals surface area (Å²) in [6, 6.07) is 14.0. The Kier molecular flexibility index (Phi) is 4.20. The number of nitro groups is 1. The van der Waals surface area contributed by atoms with Gasteiger partial charge in [0.25, 0.3) is 5.69 Å². The van der Waals surface area contributed by atoms with Crippen LogP contribution in [0.5, 0.6) is 0 Å². The summed E-state index contributed by atoms with van der Waals surface area (Å²) in [6.07, 6.45) is 1.63. The van der Waals surface area contributed by atoms with Gasteiger partial charge in [-0.25, -0.2) is 0 Å². The summed E-state index contributed by atoms with van der Waals surface area (Å²) < 4.78 is 1.85. The summed E-state index contributed by atoms with van der Waals surface area (Å²) in [5, 5.41) is 22.1. The molecule has 0 fully saturated rings. The predicted molar refractivity (Wildman–Crippen MR) is 86.8 cm³/mol. The first kappa shape index (κ1) is 15.0. The monoisotopic (exact) mass is 329 g/mol. The highest BCUT2D eigenvalue weighted by Gasteiger charge is 2.11. The van der Waals surface area contributed by atoms with Gasteiger partial charge in [-0.2, -0.15) is 0 Å². The van der Waals surface area contributed by atoms with Crippen LogP contribution in [0.4, 0.5) is 11.4 Å². The molecule has 0 saturated heterocycles. The van der Waals surface area contributed by atoms with Crippen LogP contribution >= 0.6 is 11.6 Å². The summed E-state index contributed by atoms with van der Waals surface area (Å²) in [5.41, 5.74) is 1.50. The second-order valence-electron chi connectivity index (χ2n) is 4.73. The van der Waals surface area contributed by atoms with Crippen LogP contribution in [0.15, 0.2) is 54.9 Å². The lowest BCUT2D eigenvalue weighted by molar-refractivity contribution is -0.384. The van der Waals surface area contributed by atoms with E-state index in [-0.39, 0.29) is 10.7 Å². The van der Waals surface area contributed by atoms with Crippen molar-refractivity contribution >= 4 is 23.0 Å². The van der Waals surface area contributed by atoms with Crippen LogP contribution < -0.4 is 5.32 Å². The van der Waals surface area contributed by atoms with E-state index >= 15 is 0 Å². The topological polar surface area (TPSA) is 85.9 Å². The smallest absolute Gasteiger partial charge is 0.271 e. The van der Waals surface area contributed by atoms with Crippen molar-refractivity contribution in [3.05, 3.63) is 75.8 Å². The van der Waals surface area contributed by atoms with Gasteiger partial charge in [-0.3, -0.25) is 14.7 Å². The number of aromatic nitrogens is 3. The minimum absolute atomic E-state index is 0.0481. The van der Waals surface area contributed by atoms with Crippen LogP contribution in [0.25, 0.3) is 5.69 Å². The van der Waals surface area contributed by atoms with Gasteiger partial charge in [0.05, 0.1) is 22.2 Å². The summed E-state index contributed by atoms with van der Waals surface area (Å²) >= 11 is 6.06. The zero-order valence-corrected chi connectivity index (χ0v) is 12.6. The van der Waals surface area contributed by atoms with Crippen LogP contribution in [-0.2, 0) is 6.54 Å². The average Bonchev–Trinajstić information content (AvgIpc) is 3.03. The zero-order chi connectivity index (χ0) is 16.2. The molecule has 3 aromatic rings. The second kappa shape index (κ2) is 6.45. The lowest BCUT2D eigenvalue weighted by Crippen LogP contribution is -2.07. The predicted octanol–water partition coefficient (Wildman–Crippen LogP) is 3.44. The number of nitro benzene ring substituents is 1. The standard InChI is InChI=1S/C15H12ClN5O2/c16-13-8-12(21(22)23)6-7-14(13)17-9-15-19-18-10-20(15)11-4-2-1-3-5-11/h1-8,10,17H,9H2. The molecule has 1 N–H and O–H groups in total. The van der Waals surface area contributed by atoms with Crippen molar-refractivity contribution in [2.75, 3.05) is 5.32 Å². The minimum Gasteiger partial charge on any atom is -0.377 e. The molecule has 0 aliphatic heterocycles. The number of para-hydroxylation sites is 1. The van der Waals surface area contributed by atoms with Crippen LogP contribution in [0.3, 0.4) is 0 Å². The molecular formula is C15H12ClN5O2. The largest absolute Gasteiger partial charge is 0.377 e. The Morgan fingerprint density at radius 1 is 1.22 bits per heavy atom. The first-order valence-electron chi connectivity index (χ1n) is 6.77. The first-order valence-corrected chi connectivity index (χ1v) is 7.15. The van der Waals surface area contributed by atoms with Crippen molar-refractivity contribution in [1.82, 2.24) is 14.8 Å². The van der Waals surface area contributed by atoms with Gasteiger partial charge < -0.3 is 5.32 Å². The van der Waals surface area contributed by atoms with Crippen molar-refractivity contribution in [2.24, 2.45) is 0 Å². The third-order valence-corrected chi connectivity index (χ3v) is 3.57. The van der Waals surface area contributed by atoms with E-state index in [0.29, 0.717) is 18.1 Å². The van der Waals surface area contributed by atoms with E-state index in [0.717, 1.165) is 5.69 Å². The zero-order valence-electron chi connectivity index (χ0n) is 11.9. The summed E-state index contributed by atoms with van der Waals surface area (Å²) in [4.78, 5) is 10.2. The highest BCUT2D eigenvalue weighted by Crippen LogP contribution is 2.27. The number of halogens is 1. The highest BCUT2D eigenvalue weighted by atomic mass is 35.5. The van der Waals surface area contributed by atoms with Crippen LogP contribution in [0.1, 0.15) is 5.82 Å². The lowest BCUT2D eigenvalue weighted by Gasteiger charge is -2.09. The number of anilines is 1. The molecule has 23 heavy (non-hydrogen) atoms. The molecule has 0 amide bonds. The van der Waals surface area contributed by atoms with E-state index in [2.05, 4.69) is 15.5 Å². The molecule has 2 aromatic carbocycles. The number of hydrogen-bond acceptors (Lipinski definition) is 5. The van der Waals surface area contributed by atoms with Crippen LogP contribution in [-0.4, -0.2) is 19.7 Å². The molecule has 0 spiro atoms. The van der Waals surface area contributed by atoms with E-state index in [9.17, 15) is 10.1 Å². The number of nitrogens with zero attached hydrogens (tertiary/aromatic N) is 4. The molecule has 0 bridgehead atoms. The maximum atomic E-state index is 10.7. The fourth-order valence-corrected chi connectivity index (χ4v) is 2.36. The molecule has 3 rings (SSSR count). The van der Waals surface area contributed by atoms with Gasteiger partial charge in [-0.05, 0) is 18.2 Å². The molecule has 0 aliphatic rings. The Labute approximate surface area is 136 Å². The Morgan fingerprint density at radius 2 is 2.00 bits per heavy atom. The highest BCUT2D eigenvalue weighted by molar-refractivity contribution is 6.33. The molecule has 1 heterocycles. The fraction of sp³-hybridized carbons (Fsp3) is 0.0667. The van der Waals surface area contributed by atoms with E-state index in [1.54, 1.807) is 12.4 Å². The minimum atomic E-state index is -0.484. The van der Waals surface area contributed by atoms with E-state index in [1.807, 2.05) is 34.9 Å². The van der Waals surface area contributed by atoms with Gasteiger partial charge in [0.1, 0.15) is 6.33 Å². The van der Waals surface area contributed by atoms with Gasteiger partial charge in [0, 0.05) is 17.8 Å². The third-order valence-electron chi connectivity index (χ3n) is 3.25. The molecule has 0 radical (unpaired) electrons. The third kappa shape index (κ3) is 3.29. The van der Waals surface area contributed by atoms with Crippen molar-refractivity contribution in [1.29, 1.82) is 0 Å². The number of nitrogens with one attached hydrogen (secondary N) is 1. The first-order chi connectivity index (χ1) is 11.1. The summed E-state index contributed by atoms with van der Waals surface area (Å²) in [6.45, 7) is 0.381. The molecule has 116 valence electrons. The molecule has 0 saturated carbocycles. The molecular weight excluding hydrogens is 318 g/mol. The Balaban J connectivity index is 1.77. The number of hydrogen-bond donors (Lipinski definition) is 1. The van der Waals surface area contributed by atoms with Crippen molar-refractivity contribution in [3.8, 4) is 5.69 Å². The molecule has 8 heteroatoms. The van der Waals surface area contributed by atoms with Crippen molar-refractivity contribution < 1.29 is 4.92 Å². The van der Waals surface area contributed by atoms with Gasteiger partial charge in [-0.1, -0.05) is 29.8 Å². The Morgan fingerprint density at radius 3 is 2.70 bits per heavy atom. The summed E-state index contributed by atoms with van der Waals surface area (Å²) in [5.74, 6) is 0.700. The SMILES string of the molecule is O=[N+]([O-])c1ccc(NCc2nncn2-c2ccccc2)c(Cl)c1. The van der Waals surface area contributed by atoms with Gasteiger partial charge >= 0.3 is 0 Å². The van der Waals surface area contributed by atoms with Crippen molar-refractivity contribution in [2.45, 2.75) is 6.54 Å². The summed E-state index contributed by atoms with van der Waals surface area (Å²) in [7, 11) is 0. The van der Waals surface area contributed by atoms with Crippen molar-refractivity contribution in [3.63, 3.8) is 0 Å². The number of rotatable bonds is 5. The van der Waals surface area contributed by atoms with E-state index in [4.69, 9.17) is 11.6 Å². The second-order valence-corrected chi connectivity index (χ2v) is 5.13. The average molecular weight is 330 g/mol. The van der Waals surface area contributed by atoms with Crippen LogP contribution in [0.2, 0.25) is 5.02 Å². The Bertz CT molecular complexity index is 835. The quantitative estimate of drug-likeness (QED) is 0.572. The number of benzene rings is 2. The fourth-order valence-electron chi connectivity index (χ4n) is 2.12. The maximum Gasteiger partial charge on any atom is 0.271 e. The van der Waals surface area contributed by atoms with Gasteiger partial charge in [-0.15, -0.1) is 10.2 Å². The molecule has 1 aromatic heterocycles. The Hall–Kier alpha value is -2.93. The molecule has 0 unspecified atom stereocenters. The normalized spacial score (nSPS) is 10.5. The number of non-ortho nitro benzene ring substituents is 1. The van der Waals surface area contributed by atoms with Gasteiger partial charge in [0.2, 0.25) is 0 Å². The van der Waals surface area contributed by atoms with Gasteiger partial charge in [0.15, 0.2) is 5.82 Å². The van der Waals surface area contributed by atoms with E-state index < -0.39 is 4.92 Å². The van der Waals surface area contributed by atoms with E-state index in [1.165, 1.54) is 12.1 Å². The lowest BCUT2D eigenvalue weighted by atomic mass is 10.3. The maximum absolute atomic E-state index is 10.7. The molecule has 0 aliphatic carbocycles. The van der Waals surface area contributed by atoms with Crippen LogP contribution in [0, 0.1) is 10.1 Å². The molecule has 7 nitrogen and oxygen atoms in total.